The van der Waals surface area contributed by atoms with Crippen LogP contribution >= 0.6 is 12.4 Å². The van der Waals surface area contributed by atoms with E-state index < -0.39 is 0 Å². The van der Waals surface area contributed by atoms with E-state index in [9.17, 15) is 0 Å². The van der Waals surface area contributed by atoms with Gasteiger partial charge in [0, 0.05) is 19.1 Å². The van der Waals surface area contributed by atoms with Crippen LogP contribution in [0.5, 0.6) is 0 Å². The molecule has 1 aromatic heterocycles. The number of hydrogen-bond donors (Lipinski definition) is 3. The minimum atomic E-state index is 0. The van der Waals surface area contributed by atoms with Gasteiger partial charge in [-0.05, 0) is 25.0 Å². The van der Waals surface area contributed by atoms with Crippen molar-refractivity contribution in [2.24, 2.45) is 5.73 Å². The summed E-state index contributed by atoms with van der Waals surface area (Å²) in [4.78, 5) is 9.29. The van der Waals surface area contributed by atoms with E-state index in [1.54, 1.807) is 0 Å². The number of halogens is 1. The average Bonchev–Trinajstić information content (AvgIpc) is 2.49. The number of rotatable bonds is 3. The van der Waals surface area contributed by atoms with Crippen molar-refractivity contribution in [3.05, 3.63) is 24.3 Å². The van der Waals surface area contributed by atoms with Crippen LogP contribution in [0.25, 0.3) is 11.0 Å². The predicted octanol–water partition coefficient (Wildman–Crippen LogP) is 2.78. The zero-order chi connectivity index (χ0) is 13.9. The van der Waals surface area contributed by atoms with E-state index >= 15 is 0 Å². The van der Waals surface area contributed by atoms with Crippen molar-refractivity contribution in [2.75, 3.05) is 17.7 Å². The highest BCUT2D eigenvalue weighted by atomic mass is 35.5. The van der Waals surface area contributed by atoms with Crippen LogP contribution in [0, 0.1) is 0 Å². The van der Waals surface area contributed by atoms with Gasteiger partial charge in [0.05, 0.1) is 11.0 Å². The third kappa shape index (κ3) is 3.36. The second kappa shape index (κ2) is 6.91. The highest BCUT2D eigenvalue weighted by molar-refractivity contribution is 5.85. The Bertz CT molecular complexity index is 604. The summed E-state index contributed by atoms with van der Waals surface area (Å²) in [5, 5.41) is 6.60. The van der Waals surface area contributed by atoms with Crippen LogP contribution in [-0.2, 0) is 0 Å². The van der Waals surface area contributed by atoms with E-state index in [1.807, 2.05) is 31.3 Å². The van der Waals surface area contributed by atoms with Crippen LogP contribution < -0.4 is 16.4 Å². The van der Waals surface area contributed by atoms with E-state index in [-0.39, 0.29) is 24.5 Å². The highest BCUT2D eigenvalue weighted by Gasteiger charge is 2.23. The molecule has 1 heterocycles. The Kier molecular flexibility index (Phi) is 5.20. The zero-order valence-electron chi connectivity index (χ0n) is 12.2. The molecule has 1 aliphatic rings. The molecule has 0 saturated heterocycles. The van der Waals surface area contributed by atoms with Crippen LogP contribution in [0.15, 0.2) is 24.3 Å². The Balaban J connectivity index is 0.00000161. The molecule has 0 amide bonds. The normalized spacial score (nSPS) is 21.6. The van der Waals surface area contributed by atoms with Crippen molar-refractivity contribution in [2.45, 2.75) is 37.8 Å². The van der Waals surface area contributed by atoms with Gasteiger partial charge in [-0.3, -0.25) is 0 Å². The van der Waals surface area contributed by atoms with Gasteiger partial charge in [0.25, 0.3) is 0 Å². The van der Waals surface area contributed by atoms with Crippen LogP contribution in [0.4, 0.5) is 11.6 Å². The van der Waals surface area contributed by atoms with E-state index in [0.29, 0.717) is 0 Å². The van der Waals surface area contributed by atoms with Gasteiger partial charge in [0.1, 0.15) is 0 Å². The fraction of sp³-hybridized carbons (Fsp3) is 0.467. The van der Waals surface area contributed by atoms with Crippen LogP contribution in [0.2, 0.25) is 0 Å². The molecule has 21 heavy (non-hydrogen) atoms. The van der Waals surface area contributed by atoms with Gasteiger partial charge in [0.15, 0.2) is 11.6 Å². The molecular formula is C15H22ClN5. The van der Waals surface area contributed by atoms with Gasteiger partial charge in [-0.2, -0.15) is 0 Å². The minimum Gasteiger partial charge on any atom is -0.370 e. The van der Waals surface area contributed by atoms with Gasteiger partial charge in [0.2, 0.25) is 0 Å². The Hall–Kier alpha value is -1.59. The zero-order valence-corrected chi connectivity index (χ0v) is 13.0. The smallest absolute Gasteiger partial charge is 0.170 e. The molecule has 0 aliphatic heterocycles. The van der Waals surface area contributed by atoms with Crippen molar-refractivity contribution < 1.29 is 0 Å². The third-order valence-corrected chi connectivity index (χ3v) is 3.95. The molecule has 2 unspecified atom stereocenters. The summed E-state index contributed by atoms with van der Waals surface area (Å²) in [5.74, 6) is 1.58. The van der Waals surface area contributed by atoms with Crippen molar-refractivity contribution >= 4 is 35.1 Å². The van der Waals surface area contributed by atoms with Crippen molar-refractivity contribution in [1.29, 1.82) is 0 Å². The van der Waals surface area contributed by atoms with Crippen molar-refractivity contribution in [3.63, 3.8) is 0 Å². The molecule has 2 aromatic rings. The number of aromatic nitrogens is 2. The summed E-state index contributed by atoms with van der Waals surface area (Å²) in [5.41, 5.74) is 8.00. The number of anilines is 2. The molecule has 1 fully saturated rings. The van der Waals surface area contributed by atoms with E-state index in [1.165, 1.54) is 12.8 Å². The fourth-order valence-electron chi connectivity index (χ4n) is 2.79. The Labute approximate surface area is 131 Å². The topological polar surface area (TPSA) is 75.9 Å². The third-order valence-electron chi connectivity index (χ3n) is 3.95. The number of para-hydroxylation sites is 2. The average molecular weight is 308 g/mol. The Morgan fingerprint density at radius 1 is 1.05 bits per heavy atom. The molecule has 0 spiro atoms. The largest absolute Gasteiger partial charge is 0.370 e. The minimum absolute atomic E-state index is 0. The number of hydrogen-bond acceptors (Lipinski definition) is 5. The molecule has 1 saturated carbocycles. The van der Waals surface area contributed by atoms with Crippen molar-refractivity contribution in [3.8, 4) is 0 Å². The molecule has 3 rings (SSSR count). The molecule has 5 nitrogen and oxygen atoms in total. The summed E-state index contributed by atoms with van der Waals surface area (Å²) >= 11 is 0. The maximum Gasteiger partial charge on any atom is 0.170 e. The number of nitrogens with zero attached hydrogens (tertiary/aromatic N) is 2. The standard InChI is InChI=1S/C15H21N5.ClH/c1-17-14-15(18-11-7-3-2-6-10(11)16)20-13-9-5-4-8-12(13)19-14;/h4-5,8-11H,2-3,6-7,16H2,1H3,(H,17,19)(H,18,20);1H. The van der Waals surface area contributed by atoms with Crippen molar-refractivity contribution in [1.82, 2.24) is 9.97 Å². The summed E-state index contributed by atoms with van der Waals surface area (Å²) in [6.07, 6.45) is 4.62. The van der Waals surface area contributed by atoms with E-state index in [4.69, 9.17) is 5.73 Å². The molecule has 4 N–H and O–H groups in total. The summed E-state index contributed by atoms with van der Waals surface area (Å²) in [6.45, 7) is 0. The van der Waals surface area contributed by atoms with E-state index in [0.717, 1.165) is 35.5 Å². The van der Waals surface area contributed by atoms with Gasteiger partial charge in [-0.1, -0.05) is 25.0 Å². The first-order valence-corrected chi connectivity index (χ1v) is 7.24. The van der Waals surface area contributed by atoms with Gasteiger partial charge in [-0.15, -0.1) is 12.4 Å². The van der Waals surface area contributed by atoms with Crippen LogP contribution in [0.3, 0.4) is 0 Å². The highest BCUT2D eigenvalue weighted by Crippen LogP contribution is 2.25. The number of nitrogens with one attached hydrogen (secondary N) is 2. The Morgan fingerprint density at radius 2 is 1.67 bits per heavy atom. The first kappa shape index (κ1) is 15.8. The first-order chi connectivity index (χ1) is 9.78. The lowest BCUT2D eigenvalue weighted by Gasteiger charge is -2.30. The quantitative estimate of drug-likeness (QED) is 0.813. The second-order valence-corrected chi connectivity index (χ2v) is 5.36. The molecule has 0 bridgehead atoms. The molecule has 2 atom stereocenters. The fourth-order valence-corrected chi connectivity index (χ4v) is 2.79. The number of benzene rings is 1. The molecule has 1 aromatic carbocycles. The van der Waals surface area contributed by atoms with Gasteiger partial charge in [-0.25, -0.2) is 9.97 Å². The molecular weight excluding hydrogens is 286 g/mol. The predicted molar refractivity (Wildman–Crippen MR) is 90.2 cm³/mol. The number of fused-ring (bicyclic) bond motifs is 1. The van der Waals surface area contributed by atoms with Crippen LogP contribution in [-0.4, -0.2) is 29.1 Å². The summed E-state index contributed by atoms with van der Waals surface area (Å²) in [6, 6.07) is 8.38. The molecule has 0 radical (unpaired) electrons. The maximum absolute atomic E-state index is 6.20. The Morgan fingerprint density at radius 3 is 2.29 bits per heavy atom. The second-order valence-electron chi connectivity index (χ2n) is 5.36. The number of nitrogens with two attached hydrogens (primary N) is 1. The lowest BCUT2D eigenvalue weighted by Crippen LogP contribution is -2.42. The lowest BCUT2D eigenvalue weighted by atomic mass is 9.91. The maximum atomic E-state index is 6.20. The first-order valence-electron chi connectivity index (χ1n) is 7.24. The summed E-state index contributed by atoms with van der Waals surface area (Å²) < 4.78 is 0. The van der Waals surface area contributed by atoms with Crippen LogP contribution in [0.1, 0.15) is 25.7 Å². The SMILES string of the molecule is CNc1nc2ccccc2nc1NC1CCCCC1N.Cl. The van der Waals surface area contributed by atoms with E-state index in [2.05, 4.69) is 20.6 Å². The molecule has 1 aliphatic carbocycles. The molecule has 114 valence electrons. The summed E-state index contributed by atoms with van der Waals surface area (Å²) in [7, 11) is 1.87. The van der Waals surface area contributed by atoms with Gasteiger partial charge < -0.3 is 16.4 Å². The monoisotopic (exact) mass is 307 g/mol. The molecule has 6 heteroatoms. The van der Waals surface area contributed by atoms with Gasteiger partial charge >= 0.3 is 0 Å². The lowest BCUT2D eigenvalue weighted by molar-refractivity contribution is 0.403.